The Morgan fingerprint density at radius 1 is 0.567 bits per heavy atom. The molecule has 0 aromatic carbocycles. The third-order valence-electron chi connectivity index (χ3n) is 5.81. The standard InChI is InChI=1S/C24H50O6/c1-3-5-7-9-11-13-15-17-20(26)22(28)24(23(29)21(27)19-25)30-18-16-14-12-10-8-6-4-2/h20-29H,3-19H2,1-2H3. The minimum absolute atomic E-state index is 0.342. The Hall–Kier alpha value is -0.240. The Labute approximate surface area is 184 Å². The van der Waals surface area contributed by atoms with E-state index in [2.05, 4.69) is 13.8 Å². The van der Waals surface area contributed by atoms with Crippen LogP contribution in [0.4, 0.5) is 0 Å². The van der Waals surface area contributed by atoms with Crippen LogP contribution >= 0.6 is 0 Å². The molecule has 0 bridgehead atoms. The first kappa shape index (κ1) is 29.8. The van der Waals surface area contributed by atoms with Crippen LogP contribution in [0.5, 0.6) is 0 Å². The van der Waals surface area contributed by atoms with Crippen LogP contribution in [0.1, 0.15) is 110 Å². The van der Waals surface area contributed by atoms with Gasteiger partial charge in [0.2, 0.25) is 0 Å². The molecule has 0 saturated carbocycles. The van der Waals surface area contributed by atoms with Gasteiger partial charge in [-0.05, 0) is 12.8 Å². The van der Waals surface area contributed by atoms with Crippen molar-refractivity contribution >= 4 is 0 Å². The summed E-state index contributed by atoms with van der Waals surface area (Å²) in [5.74, 6) is 0. The van der Waals surface area contributed by atoms with Crippen LogP contribution in [0.15, 0.2) is 0 Å². The van der Waals surface area contributed by atoms with Gasteiger partial charge in [-0.2, -0.15) is 0 Å². The van der Waals surface area contributed by atoms with E-state index in [9.17, 15) is 20.4 Å². The van der Waals surface area contributed by atoms with Crippen LogP contribution in [0.3, 0.4) is 0 Å². The molecule has 0 aliphatic carbocycles. The van der Waals surface area contributed by atoms with Crippen molar-refractivity contribution in [2.24, 2.45) is 0 Å². The van der Waals surface area contributed by atoms with Crippen LogP contribution in [0.25, 0.3) is 0 Å². The zero-order valence-electron chi connectivity index (χ0n) is 19.6. The molecule has 0 rings (SSSR count). The molecular weight excluding hydrogens is 384 g/mol. The maximum atomic E-state index is 10.5. The van der Waals surface area contributed by atoms with E-state index >= 15 is 0 Å². The summed E-state index contributed by atoms with van der Waals surface area (Å²) in [7, 11) is 0. The lowest BCUT2D eigenvalue weighted by molar-refractivity contribution is -0.164. The molecule has 0 spiro atoms. The lowest BCUT2D eigenvalue weighted by atomic mass is 9.95. The van der Waals surface area contributed by atoms with Gasteiger partial charge in [-0.15, -0.1) is 0 Å². The maximum Gasteiger partial charge on any atom is 0.114 e. The minimum atomic E-state index is -1.45. The van der Waals surface area contributed by atoms with E-state index in [1.165, 1.54) is 51.4 Å². The summed E-state index contributed by atoms with van der Waals surface area (Å²) in [6, 6.07) is 0. The Morgan fingerprint density at radius 2 is 1.00 bits per heavy atom. The van der Waals surface area contributed by atoms with Gasteiger partial charge in [0.1, 0.15) is 24.4 Å². The summed E-state index contributed by atoms with van der Waals surface area (Å²) < 4.78 is 5.68. The highest BCUT2D eigenvalue weighted by molar-refractivity contribution is 4.86. The van der Waals surface area contributed by atoms with Gasteiger partial charge < -0.3 is 30.3 Å². The quantitative estimate of drug-likeness (QED) is 0.166. The summed E-state index contributed by atoms with van der Waals surface area (Å²) in [5, 5.41) is 50.1. The molecule has 0 amide bonds. The number of hydrogen-bond donors (Lipinski definition) is 5. The second kappa shape index (κ2) is 20.7. The fourth-order valence-corrected chi connectivity index (χ4v) is 3.71. The lowest BCUT2D eigenvalue weighted by Gasteiger charge is -2.32. The molecule has 0 radical (unpaired) electrons. The molecule has 0 aromatic rings. The van der Waals surface area contributed by atoms with Crippen LogP contribution in [0.2, 0.25) is 0 Å². The number of ether oxygens (including phenoxy) is 1. The first-order chi connectivity index (χ1) is 14.5. The van der Waals surface area contributed by atoms with E-state index < -0.39 is 37.1 Å². The van der Waals surface area contributed by atoms with Gasteiger partial charge in [-0.1, -0.05) is 97.3 Å². The fraction of sp³-hybridized carbons (Fsp3) is 1.00. The van der Waals surface area contributed by atoms with Crippen molar-refractivity contribution in [1.29, 1.82) is 0 Å². The third-order valence-corrected chi connectivity index (χ3v) is 5.81. The Morgan fingerprint density at radius 3 is 1.50 bits per heavy atom. The van der Waals surface area contributed by atoms with Gasteiger partial charge in [0.15, 0.2) is 0 Å². The van der Waals surface area contributed by atoms with Gasteiger partial charge in [0.05, 0.1) is 12.7 Å². The van der Waals surface area contributed by atoms with Crippen LogP contribution in [-0.2, 0) is 4.74 Å². The van der Waals surface area contributed by atoms with Crippen molar-refractivity contribution in [1.82, 2.24) is 0 Å². The van der Waals surface area contributed by atoms with E-state index in [1.54, 1.807) is 0 Å². The SMILES string of the molecule is CCCCCCCCCOC(C(O)C(O)CO)C(O)C(O)CCCCCCCCC. The molecule has 5 unspecified atom stereocenters. The van der Waals surface area contributed by atoms with Crippen molar-refractivity contribution in [3.63, 3.8) is 0 Å². The first-order valence-electron chi connectivity index (χ1n) is 12.4. The Bertz CT molecular complexity index is 355. The molecular formula is C24H50O6. The normalized spacial score (nSPS) is 16.9. The Kier molecular flexibility index (Phi) is 20.5. The summed E-state index contributed by atoms with van der Waals surface area (Å²) in [5.41, 5.74) is 0. The average Bonchev–Trinajstić information content (AvgIpc) is 2.75. The topological polar surface area (TPSA) is 110 Å². The molecule has 0 fully saturated rings. The van der Waals surface area contributed by atoms with E-state index in [0.29, 0.717) is 13.0 Å². The van der Waals surface area contributed by atoms with Gasteiger partial charge >= 0.3 is 0 Å². The highest BCUT2D eigenvalue weighted by Gasteiger charge is 2.36. The van der Waals surface area contributed by atoms with Crippen molar-refractivity contribution in [2.75, 3.05) is 13.2 Å². The fourth-order valence-electron chi connectivity index (χ4n) is 3.71. The summed E-state index contributed by atoms with van der Waals surface area (Å²) in [4.78, 5) is 0. The molecule has 182 valence electrons. The summed E-state index contributed by atoms with van der Waals surface area (Å²) in [6.45, 7) is 4.09. The average molecular weight is 435 g/mol. The molecule has 0 saturated heterocycles. The monoisotopic (exact) mass is 434 g/mol. The first-order valence-corrected chi connectivity index (χ1v) is 12.4. The maximum absolute atomic E-state index is 10.5. The predicted molar refractivity (Wildman–Crippen MR) is 121 cm³/mol. The van der Waals surface area contributed by atoms with Gasteiger partial charge in [0.25, 0.3) is 0 Å². The zero-order chi connectivity index (χ0) is 22.6. The number of aliphatic hydroxyl groups excluding tert-OH is 5. The molecule has 0 aliphatic rings. The highest BCUT2D eigenvalue weighted by atomic mass is 16.5. The van der Waals surface area contributed by atoms with Crippen molar-refractivity contribution < 1.29 is 30.3 Å². The van der Waals surface area contributed by atoms with Gasteiger partial charge in [-0.3, -0.25) is 0 Å². The Balaban J connectivity index is 4.32. The largest absolute Gasteiger partial charge is 0.394 e. The van der Waals surface area contributed by atoms with Crippen molar-refractivity contribution in [3.05, 3.63) is 0 Å². The third kappa shape index (κ3) is 14.7. The van der Waals surface area contributed by atoms with E-state index in [-0.39, 0.29) is 0 Å². The molecule has 6 nitrogen and oxygen atoms in total. The minimum Gasteiger partial charge on any atom is -0.394 e. The van der Waals surface area contributed by atoms with E-state index in [1.807, 2.05) is 0 Å². The smallest absolute Gasteiger partial charge is 0.114 e. The highest BCUT2D eigenvalue weighted by Crippen LogP contribution is 2.18. The van der Waals surface area contributed by atoms with Crippen LogP contribution < -0.4 is 0 Å². The predicted octanol–water partition coefficient (Wildman–Crippen LogP) is 3.70. The second-order valence-corrected chi connectivity index (χ2v) is 8.67. The molecule has 0 aliphatic heterocycles. The molecule has 0 aromatic heterocycles. The number of rotatable bonds is 22. The van der Waals surface area contributed by atoms with Gasteiger partial charge in [0, 0.05) is 6.61 Å². The van der Waals surface area contributed by atoms with E-state index in [4.69, 9.17) is 9.84 Å². The molecule has 6 heteroatoms. The number of aliphatic hydroxyl groups is 5. The van der Waals surface area contributed by atoms with Gasteiger partial charge in [-0.25, -0.2) is 0 Å². The zero-order valence-corrected chi connectivity index (χ0v) is 19.6. The van der Waals surface area contributed by atoms with Crippen molar-refractivity contribution in [2.45, 2.75) is 141 Å². The lowest BCUT2D eigenvalue weighted by Crippen LogP contribution is -2.51. The van der Waals surface area contributed by atoms with Crippen molar-refractivity contribution in [3.8, 4) is 0 Å². The second-order valence-electron chi connectivity index (χ2n) is 8.67. The molecule has 0 heterocycles. The summed E-state index contributed by atoms with van der Waals surface area (Å²) >= 11 is 0. The van der Waals surface area contributed by atoms with Crippen LogP contribution in [-0.4, -0.2) is 69.3 Å². The molecule has 5 N–H and O–H groups in total. The summed E-state index contributed by atoms with van der Waals surface area (Å²) in [6.07, 6.45) is 9.77. The number of unbranched alkanes of at least 4 members (excludes halogenated alkanes) is 12. The molecule has 5 atom stereocenters. The number of hydrogen-bond acceptors (Lipinski definition) is 6. The molecule has 30 heavy (non-hydrogen) atoms. The van der Waals surface area contributed by atoms with Crippen LogP contribution in [0, 0.1) is 0 Å². The van der Waals surface area contributed by atoms with E-state index in [0.717, 1.165) is 38.5 Å².